The second-order valence-electron chi connectivity index (χ2n) is 4.83. The Kier molecular flexibility index (Phi) is 4.21. The standard InChI is InChI=1S/C13H18N2O4/c14-7-10-3-4-11(19-10)13(18)15-5-1-2-9(8-15)6-12(16)17/h3-4,9H,1-2,5-8,14H2,(H,16,17). The molecule has 0 aliphatic carbocycles. The Morgan fingerprint density at radius 3 is 2.89 bits per heavy atom. The lowest BCUT2D eigenvalue weighted by molar-refractivity contribution is -0.138. The van der Waals surface area contributed by atoms with Crippen molar-refractivity contribution in [3.8, 4) is 0 Å². The Morgan fingerprint density at radius 2 is 2.26 bits per heavy atom. The summed E-state index contributed by atoms with van der Waals surface area (Å²) in [5.74, 6) is -0.129. The molecule has 6 heteroatoms. The Morgan fingerprint density at radius 1 is 1.47 bits per heavy atom. The molecule has 1 aliphatic heterocycles. The Labute approximate surface area is 111 Å². The molecule has 6 nitrogen and oxygen atoms in total. The van der Waals surface area contributed by atoms with Gasteiger partial charge in [-0.3, -0.25) is 9.59 Å². The highest BCUT2D eigenvalue weighted by Crippen LogP contribution is 2.21. The summed E-state index contributed by atoms with van der Waals surface area (Å²) < 4.78 is 5.33. The number of hydrogen-bond acceptors (Lipinski definition) is 4. The highest BCUT2D eigenvalue weighted by Gasteiger charge is 2.27. The van der Waals surface area contributed by atoms with Gasteiger partial charge in [-0.15, -0.1) is 0 Å². The lowest BCUT2D eigenvalue weighted by Gasteiger charge is -2.31. The number of carboxylic acid groups (broad SMARTS) is 1. The normalized spacial score (nSPS) is 19.4. The number of carbonyl (C=O) groups is 2. The minimum Gasteiger partial charge on any atom is -0.481 e. The zero-order valence-electron chi connectivity index (χ0n) is 10.7. The molecule has 1 aromatic rings. The van der Waals surface area contributed by atoms with Gasteiger partial charge in [0.1, 0.15) is 5.76 Å². The number of piperidine rings is 1. The maximum absolute atomic E-state index is 12.2. The van der Waals surface area contributed by atoms with Crippen LogP contribution in [-0.2, 0) is 11.3 Å². The van der Waals surface area contributed by atoms with Gasteiger partial charge in [-0.05, 0) is 30.9 Å². The Bertz CT molecular complexity index is 469. The predicted octanol–water partition coefficient (Wildman–Crippen LogP) is 1.07. The lowest BCUT2D eigenvalue weighted by Crippen LogP contribution is -2.40. The van der Waals surface area contributed by atoms with Crippen LogP contribution in [0.5, 0.6) is 0 Å². The van der Waals surface area contributed by atoms with Crippen molar-refractivity contribution in [3.05, 3.63) is 23.7 Å². The summed E-state index contributed by atoms with van der Waals surface area (Å²) in [6.07, 6.45) is 1.78. The molecule has 1 aliphatic rings. The van der Waals surface area contributed by atoms with E-state index in [-0.39, 0.29) is 30.6 Å². The summed E-state index contributed by atoms with van der Waals surface area (Å²) in [6.45, 7) is 1.38. The van der Waals surface area contributed by atoms with Gasteiger partial charge >= 0.3 is 5.97 Å². The molecule has 0 radical (unpaired) electrons. The minimum atomic E-state index is -0.817. The highest BCUT2D eigenvalue weighted by molar-refractivity contribution is 5.91. The summed E-state index contributed by atoms with van der Waals surface area (Å²) in [4.78, 5) is 24.6. The number of hydrogen-bond donors (Lipinski definition) is 2. The second kappa shape index (κ2) is 5.88. The van der Waals surface area contributed by atoms with Gasteiger partial charge in [0.15, 0.2) is 5.76 Å². The molecule has 19 heavy (non-hydrogen) atoms. The highest BCUT2D eigenvalue weighted by atomic mass is 16.4. The van der Waals surface area contributed by atoms with Crippen LogP contribution in [0.2, 0.25) is 0 Å². The summed E-state index contributed by atoms with van der Waals surface area (Å²) in [5.41, 5.74) is 5.43. The number of amides is 1. The van der Waals surface area contributed by atoms with E-state index < -0.39 is 5.97 Å². The summed E-state index contributed by atoms with van der Waals surface area (Å²) in [7, 11) is 0. The van der Waals surface area contributed by atoms with Crippen molar-refractivity contribution in [2.24, 2.45) is 11.7 Å². The van der Waals surface area contributed by atoms with Crippen LogP contribution >= 0.6 is 0 Å². The molecule has 1 saturated heterocycles. The first-order valence-corrected chi connectivity index (χ1v) is 6.40. The van der Waals surface area contributed by atoms with Crippen molar-refractivity contribution < 1.29 is 19.1 Å². The average Bonchev–Trinajstić information content (AvgIpc) is 2.86. The lowest BCUT2D eigenvalue weighted by atomic mass is 9.95. The van der Waals surface area contributed by atoms with Gasteiger partial charge in [0.05, 0.1) is 6.54 Å². The zero-order valence-corrected chi connectivity index (χ0v) is 10.7. The van der Waals surface area contributed by atoms with E-state index in [1.807, 2.05) is 0 Å². The molecular formula is C13H18N2O4. The van der Waals surface area contributed by atoms with Crippen LogP contribution in [-0.4, -0.2) is 35.0 Å². The number of rotatable bonds is 4. The number of aliphatic carboxylic acids is 1. The van der Waals surface area contributed by atoms with Crippen LogP contribution in [0.4, 0.5) is 0 Å². The van der Waals surface area contributed by atoms with E-state index in [1.165, 1.54) is 0 Å². The average molecular weight is 266 g/mol. The minimum absolute atomic E-state index is 0.0270. The van der Waals surface area contributed by atoms with Crippen molar-refractivity contribution >= 4 is 11.9 Å². The van der Waals surface area contributed by atoms with Crippen LogP contribution in [0, 0.1) is 5.92 Å². The van der Waals surface area contributed by atoms with Crippen molar-refractivity contribution in [1.29, 1.82) is 0 Å². The first-order valence-electron chi connectivity index (χ1n) is 6.40. The van der Waals surface area contributed by atoms with Crippen molar-refractivity contribution in [2.75, 3.05) is 13.1 Å². The van der Waals surface area contributed by atoms with Crippen LogP contribution in [0.25, 0.3) is 0 Å². The van der Waals surface area contributed by atoms with Crippen molar-refractivity contribution in [3.63, 3.8) is 0 Å². The van der Waals surface area contributed by atoms with Crippen molar-refractivity contribution in [1.82, 2.24) is 4.90 Å². The van der Waals surface area contributed by atoms with E-state index >= 15 is 0 Å². The van der Waals surface area contributed by atoms with E-state index in [2.05, 4.69) is 0 Å². The number of nitrogens with two attached hydrogens (primary N) is 1. The monoisotopic (exact) mass is 266 g/mol. The quantitative estimate of drug-likeness (QED) is 0.849. The molecule has 0 spiro atoms. The molecule has 1 atom stereocenters. The summed E-state index contributed by atoms with van der Waals surface area (Å²) in [5, 5.41) is 8.81. The molecule has 0 saturated carbocycles. The third-order valence-corrected chi connectivity index (χ3v) is 3.34. The topological polar surface area (TPSA) is 96.8 Å². The maximum Gasteiger partial charge on any atom is 0.303 e. The van der Waals surface area contributed by atoms with Gasteiger partial charge in [-0.1, -0.05) is 0 Å². The van der Waals surface area contributed by atoms with Gasteiger partial charge < -0.3 is 20.2 Å². The first-order chi connectivity index (χ1) is 9.10. The Balaban J connectivity index is 2.00. The molecule has 0 aromatic carbocycles. The maximum atomic E-state index is 12.2. The molecule has 2 rings (SSSR count). The van der Waals surface area contributed by atoms with E-state index in [4.69, 9.17) is 15.3 Å². The van der Waals surface area contributed by atoms with Crippen LogP contribution < -0.4 is 5.73 Å². The van der Waals surface area contributed by atoms with E-state index in [1.54, 1.807) is 17.0 Å². The van der Waals surface area contributed by atoms with Gasteiger partial charge in [0.2, 0.25) is 0 Å². The summed E-state index contributed by atoms with van der Waals surface area (Å²) in [6, 6.07) is 3.30. The van der Waals surface area contributed by atoms with Crippen LogP contribution in [0.3, 0.4) is 0 Å². The van der Waals surface area contributed by atoms with Gasteiger partial charge in [-0.2, -0.15) is 0 Å². The number of furan rings is 1. The number of carbonyl (C=O) groups excluding carboxylic acids is 1. The van der Waals surface area contributed by atoms with Gasteiger partial charge in [-0.25, -0.2) is 0 Å². The number of nitrogens with zero attached hydrogens (tertiary/aromatic N) is 1. The van der Waals surface area contributed by atoms with Gasteiger partial charge in [0.25, 0.3) is 5.91 Å². The smallest absolute Gasteiger partial charge is 0.303 e. The fraction of sp³-hybridized carbons (Fsp3) is 0.538. The van der Waals surface area contributed by atoms with Crippen LogP contribution in [0.15, 0.2) is 16.5 Å². The number of carboxylic acids is 1. The molecule has 104 valence electrons. The van der Waals surface area contributed by atoms with E-state index in [9.17, 15) is 9.59 Å². The molecule has 1 unspecified atom stereocenters. The predicted molar refractivity (Wildman–Crippen MR) is 67.5 cm³/mol. The molecule has 1 aromatic heterocycles. The summed E-state index contributed by atoms with van der Waals surface area (Å²) >= 11 is 0. The van der Waals surface area contributed by atoms with E-state index in [0.29, 0.717) is 18.8 Å². The molecule has 2 heterocycles. The van der Waals surface area contributed by atoms with Gasteiger partial charge in [0, 0.05) is 19.5 Å². The molecule has 1 fully saturated rings. The zero-order chi connectivity index (χ0) is 13.8. The molecule has 3 N–H and O–H groups in total. The SMILES string of the molecule is NCc1ccc(C(=O)N2CCCC(CC(=O)O)C2)o1. The number of likely N-dealkylation sites (tertiary alicyclic amines) is 1. The Hall–Kier alpha value is -1.82. The largest absolute Gasteiger partial charge is 0.481 e. The molecular weight excluding hydrogens is 248 g/mol. The van der Waals surface area contributed by atoms with E-state index in [0.717, 1.165) is 12.8 Å². The molecule has 0 bridgehead atoms. The van der Waals surface area contributed by atoms with Crippen LogP contribution in [0.1, 0.15) is 35.6 Å². The third kappa shape index (κ3) is 3.35. The second-order valence-corrected chi connectivity index (χ2v) is 4.83. The fourth-order valence-electron chi connectivity index (χ4n) is 2.42. The molecule has 1 amide bonds. The van der Waals surface area contributed by atoms with Crippen molar-refractivity contribution in [2.45, 2.75) is 25.8 Å². The third-order valence-electron chi connectivity index (χ3n) is 3.34. The fourth-order valence-corrected chi connectivity index (χ4v) is 2.42. The first kappa shape index (κ1) is 13.6.